The van der Waals surface area contributed by atoms with Crippen LogP contribution in [0.15, 0.2) is 114 Å². The molecule has 0 unspecified atom stereocenters. The van der Waals surface area contributed by atoms with Crippen LogP contribution in [-0.2, 0) is 0 Å². The number of rotatable bonds is 2. The van der Waals surface area contributed by atoms with E-state index in [4.69, 9.17) is 11.6 Å². The largest absolute Gasteiger partial charge is 0.192 e. The lowest BCUT2D eigenvalue weighted by molar-refractivity contribution is 1.48. The average Bonchev–Trinajstić information content (AvgIpc) is 3.35. The van der Waals surface area contributed by atoms with Gasteiger partial charge in [-0.1, -0.05) is 78.3 Å². The Morgan fingerprint density at radius 2 is 1.12 bits per heavy atom. The summed E-state index contributed by atoms with van der Waals surface area (Å²) in [5.74, 6) is 0. The highest BCUT2D eigenvalue weighted by Gasteiger charge is 2.31. The fourth-order valence-corrected chi connectivity index (χ4v) is 7.18. The molecule has 0 radical (unpaired) electrons. The molecule has 42 heavy (non-hydrogen) atoms. The number of hydrogen-bond acceptors (Lipinski definition) is 2. The van der Waals surface area contributed by atoms with Crippen molar-refractivity contribution >= 4 is 59.8 Å². The molecule has 8 rings (SSSR count). The molecule has 0 atom stereocenters. The molecule has 2 nitrogen and oxygen atoms in total. The van der Waals surface area contributed by atoms with Gasteiger partial charge < -0.3 is 0 Å². The van der Waals surface area contributed by atoms with Crippen molar-refractivity contribution in [1.82, 2.24) is 0 Å². The van der Waals surface area contributed by atoms with E-state index in [9.17, 15) is 10.5 Å². The Balaban J connectivity index is 1.67. The fraction of sp³-hybridized carbons (Fsp3) is 0. The minimum absolute atomic E-state index is 0.600. The molecule has 0 bridgehead atoms. The SMILES string of the molecule is N#Cc1cccc(-c2c3c(c(-c4cccc(C#N)c4)c4cc(Br)c(Cl)cc24)-c2cc4ccccc4c4cccc-3c24)c1. The molecule has 0 saturated carbocycles. The molecule has 1 aliphatic carbocycles. The van der Waals surface area contributed by atoms with Gasteiger partial charge in [0.05, 0.1) is 28.3 Å². The summed E-state index contributed by atoms with van der Waals surface area (Å²) in [5, 5.41) is 27.0. The summed E-state index contributed by atoms with van der Waals surface area (Å²) in [6, 6.07) is 41.7. The van der Waals surface area contributed by atoms with Crippen LogP contribution in [-0.4, -0.2) is 0 Å². The van der Waals surface area contributed by atoms with Gasteiger partial charge in [-0.05, 0) is 135 Å². The summed E-state index contributed by atoms with van der Waals surface area (Å²) in [6.45, 7) is 0. The van der Waals surface area contributed by atoms with Crippen LogP contribution in [0, 0.1) is 22.7 Å². The molecule has 0 saturated heterocycles. The average molecular weight is 618 g/mol. The summed E-state index contributed by atoms with van der Waals surface area (Å²) in [7, 11) is 0. The molecule has 194 valence electrons. The fourth-order valence-electron chi connectivity index (χ4n) is 6.67. The first kappa shape index (κ1) is 24.8. The van der Waals surface area contributed by atoms with Gasteiger partial charge in [0.1, 0.15) is 0 Å². The van der Waals surface area contributed by atoms with Crippen LogP contribution in [0.25, 0.3) is 76.8 Å². The highest BCUT2D eigenvalue weighted by Crippen LogP contribution is 2.59. The molecule has 7 aromatic rings. The van der Waals surface area contributed by atoms with Crippen molar-refractivity contribution in [2.75, 3.05) is 0 Å². The van der Waals surface area contributed by atoms with Gasteiger partial charge >= 0.3 is 0 Å². The molecule has 4 heteroatoms. The normalized spacial score (nSPS) is 11.5. The second-order valence-corrected chi connectivity index (χ2v) is 11.8. The lowest BCUT2D eigenvalue weighted by Gasteiger charge is -2.21. The van der Waals surface area contributed by atoms with Crippen molar-refractivity contribution < 1.29 is 0 Å². The van der Waals surface area contributed by atoms with Crippen molar-refractivity contribution in [3.8, 4) is 56.6 Å². The van der Waals surface area contributed by atoms with Gasteiger partial charge in [0.2, 0.25) is 0 Å². The van der Waals surface area contributed by atoms with Gasteiger partial charge in [-0.25, -0.2) is 0 Å². The van der Waals surface area contributed by atoms with E-state index < -0.39 is 0 Å². The Hall–Kier alpha value is -4.93. The van der Waals surface area contributed by atoms with Crippen LogP contribution < -0.4 is 0 Å². The highest BCUT2D eigenvalue weighted by atomic mass is 79.9. The monoisotopic (exact) mass is 616 g/mol. The highest BCUT2D eigenvalue weighted by molar-refractivity contribution is 9.10. The first-order valence-corrected chi connectivity index (χ1v) is 14.7. The first-order chi connectivity index (χ1) is 20.6. The molecule has 0 N–H and O–H groups in total. The van der Waals surface area contributed by atoms with Crippen molar-refractivity contribution in [2.24, 2.45) is 0 Å². The Bertz CT molecular complexity index is 2410. The van der Waals surface area contributed by atoms with Crippen molar-refractivity contribution in [3.63, 3.8) is 0 Å². The van der Waals surface area contributed by atoms with Crippen LogP contribution in [0.2, 0.25) is 5.02 Å². The maximum absolute atomic E-state index is 9.82. The predicted molar refractivity (Wildman–Crippen MR) is 176 cm³/mol. The predicted octanol–water partition coefficient (Wildman–Crippen LogP) is 11.3. The second-order valence-electron chi connectivity index (χ2n) is 10.6. The molecule has 0 heterocycles. The van der Waals surface area contributed by atoms with E-state index in [1.54, 1.807) is 0 Å². The number of nitriles is 2. The number of benzene rings is 7. The Kier molecular flexibility index (Phi) is 5.50. The minimum Gasteiger partial charge on any atom is -0.192 e. The number of fused-ring (bicyclic) bond motifs is 6. The first-order valence-electron chi connectivity index (χ1n) is 13.5. The molecule has 7 aromatic carbocycles. The third-order valence-corrected chi connectivity index (χ3v) is 9.53. The topological polar surface area (TPSA) is 47.6 Å². The molecular weight excluding hydrogens is 600 g/mol. The standard InChI is InChI=1S/C38H18BrClN2/c39-32-17-29-30(18-33(32)40)35(25-10-4-7-22(15-25)20-42)37-28-13-5-12-27-26-11-2-1-8-23(26)16-31(36(27)28)38(37)34(29)24-9-3-6-21(14-24)19-41/h1-18H. The summed E-state index contributed by atoms with van der Waals surface area (Å²) >= 11 is 10.5. The van der Waals surface area contributed by atoms with Gasteiger partial charge in [-0.3, -0.25) is 0 Å². The minimum atomic E-state index is 0.600. The van der Waals surface area contributed by atoms with Crippen LogP contribution in [0.5, 0.6) is 0 Å². The number of nitrogens with zero attached hydrogens (tertiary/aromatic N) is 2. The summed E-state index contributed by atoms with van der Waals surface area (Å²) in [5.41, 5.74) is 9.79. The van der Waals surface area contributed by atoms with E-state index in [0.29, 0.717) is 16.1 Å². The number of halogens is 2. The van der Waals surface area contributed by atoms with E-state index in [2.05, 4.69) is 94.8 Å². The summed E-state index contributed by atoms with van der Waals surface area (Å²) in [4.78, 5) is 0. The Labute approximate surface area is 255 Å². The summed E-state index contributed by atoms with van der Waals surface area (Å²) < 4.78 is 0.796. The van der Waals surface area contributed by atoms with Crippen LogP contribution in [0.3, 0.4) is 0 Å². The van der Waals surface area contributed by atoms with Crippen molar-refractivity contribution in [2.45, 2.75) is 0 Å². The zero-order valence-corrected chi connectivity index (χ0v) is 24.4. The Morgan fingerprint density at radius 1 is 0.524 bits per heavy atom. The van der Waals surface area contributed by atoms with E-state index in [1.807, 2.05) is 42.5 Å². The molecule has 0 aliphatic heterocycles. The molecule has 1 aliphatic rings. The number of hydrogen-bond donors (Lipinski definition) is 0. The van der Waals surface area contributed by atoms with Gasteiger partial charge in [-0.15, -0.1) is 0 Å². The van der Waals surface area contributed by atoms with Gasteiger partial charge in [0.25, 0.3) is 0 Å². The molecular formula is C38H18BrClN2. The maximum Gasteiger partial charge on any atom is 0.0991 e. The van der Waals surface area contributed by atoms with Crippen molar-refractivity contribution in [3.05, 3.63) is 130 Å². The molecule has 0 aromatic heterocycles. The third-order valence-electron chi connectivity index (χ3n) is 8.33. The lowest BCUT2D eigenvalue weighted by atomic mass is 9.82. The maximum atomic E-state index is 9.82. The lowest BCUT2D eigenvalue weighted by Crippen LogP contribution is -1.95. The van der Waals surface area contributed by atoms with E-state index in [0.717, 1.165) is 59.8 Å². The van der Waals surface area contributed by atoms with E-state index in [1.165, 1.54) is 21.5 Å². The quantitative estimate of drug-likeness (QED) is 0.181. The van der Waals surface area contributed by atoms with Crippen LogP contribution in [0.4, 0.5) is 0 Å². The molecule has 0 fully saturated rings. The second kappa shape index (κ2) is 9.30. The van der Waals surface area contributed by atoms with E-state index in [-0.39, 0.29) is 0 Å². The summed E-state index contributed by atoms with van der Waals surface area (Å²) in [6.07, 6.45) is 0. The van der Waals surface area contributed by atoms with Crippen LogP contribution >= 0.6 is 27.5 Å². The van der Waals surface area contributed by atoms with Crippen LogP contribution in [0.1, 0.15) is 11.1 Å². The Morgan fingerprint density at radius 3 is 1.81 bits per heavy atom. The van der Waals surface area contributed by atoms with E-state index >= 15 is 0 Å². The molecule has 0 amide bonds. The molecule has 0 spiro atoms. The van der Waals surface area contributed by atoms with Gasteiger partial charge in [-0.2, -0.15) is 10.5 Å². The third kappa shape index (κ3) is 3.49. The zero-order chi connectivity index (χ0) is 28.5. The zero-order valence-electron chi connectivity index (χ0n) is 22.0. The van der Waals surface area contributed by atoms with Crippen molar-refractivity contribution in [1.29, 1.82) is 10.5 Å². The smallest absolute Gasteiger partial charge is 0.0991 e. The van der Waals surface area contributed by atoms with Gasteiger partial charge in [0.15, 0.2) is 0 Å². The van der Waals surface area contributed by atoms with Gasteiger partial charge in [0, 0.05) is 4.47 Å².